The number of halogens is 3. The summed E-state index contributed by atoms with van der Waals surface area (Å²) in [5.74, 6) is -3.49. The number of nitrogens with zero attached hydrogens (tertiary/aromatic N) is 4. The fourth-order valence-electron chi connectivity index (χ4n) is 4.72. The first-order valence-electron chi connectivity index (χ1n) is 11.6. The van der Waals surface area contributed by atoms with E-state index >= 15 is 0 Å². The second-order valence-corrected chi connectivity index (χ2v) is 9.02. The van der Waals surface area contributed by atoms with Gasteiger partial charge in [-0.15, -0.1) is 5.10 Å². The molecule has 194 valence electrons. The highest BCUT2D eigenvalue weighted by atomic mass is 19.2. The molecule has 2 aliphatic heterocycles. The van der Waals surface area contributed by atoms with E-state index in [1.807, 2.05) is 0 Å². The molecule has 0 amide bonds. The summed E-state index contributed by atoms with van der Waals surface area (Å²) in [6.07, 6.45) is -1.63. The lowest BCUT2D eigenvalue weighted by molar-refractivity contribution is -0.205. The molecule has 4 heterocycles. The van der Waals surface area contributed by atoms with E-state index in [1.54, 1.807) is 6.07 Å². The highest BCUT2D eigenvalue weighted by Gasteiger charge is 2.46. The molecular formula is C23H25F3N4O6. The number of ether oxygens (including phenoxy) is 2. The van der Waals surface area contributed by atoms with Crippen LogP contribution in [0.15, 0.2) is 28.9 Å². The fraction of sp³-hybridized carbons (Fsp3) is 0.522. The maximum Gasteiger partial charge on any atom is 0.194 e. The topological polar surface area (TPSA) is 136 Å². The van der Waals surface area contributed by atoms with Crippen molar-refractivity contribution in [3.8, 4) is 11.3 Å². The van der Waals surface area contributed by atoms with Gasteiger partial charge in [0.2, 0.25) is 0 Å². The summed E-state index contributed by atoms with van der Waals surface area (Å²) < 4.78 is 58.4. The molecule has 0 unspecified atom stereocenters. The van der Waals surface area contributed by atoms with E-state index in [4.69, 9.17) is 14.0 Å². The molecule has 0 radical (unpaired) electrons. The van der Waals surface area contributed by atoms with Gasteiger partial charge in [-0.25, -0.2) is 17.9 Å². The van der Waals surface area contributed by atoms with Crippen LogP contribution in [0.5, 0.6) is 0 Å². The van der Waals surface area contributed by atoms with Gasteiger partial charge in [0, 0.05) is 37.2 Å². The first-order valence-corrected chi connectivity index (χ1v) is 11.6. The van der Waals surface area contributed by atoms with E-state index < -0.39 is 54.5 Å². The zero-order valence-corrected chi connectivity index (χ0v) is 19.0. The van der Waals surface area contributed by atoms with Crippen molar-refractivity contribution < 1.29 is 42.5 Å². The van der Waals surface area contributed by atoms with E-state index in [2.05, 4.69) is 15.5 Å². The van der Waals surface area contributed by atoms with E-state index in [1.165, 1.54) is 6.20 Å². The quantitative estimate of drug-likeness (QED) is 0.422. The second-order valence-electron chi connectivity index (χ2n) is 9.02. The fourth-order valence-corrected chi connectivity index (χ4v) is 4.72. The Bertz CT molecular complexity index is 1180. The smallest absolute Gasteiger partial charge is 0.194 e. The molecule has 3 aromatic rings. The van der Waals surface area contributed by atoms with Gasteiger partial charge in [0.05, 0.1) is 24.6 Å². The van der Waals surface area contributed by atoms with Gasteiger partial charge < -0.3 is 29.3 Å². The summed E-state index contributed by atoms with van der Waals surface area (Å²) in [7, 11) is 0. The SMILES string of the molecule is OC[C@H]1O[C@H](Cc2cc(C3CCOCC3)on2)[C@H](O)[C@@H](n2cc(-c3cc(F)c(F)c(F)c3)nn2)[C@H]1O. The summed E-state index contributed by atoms with van der Waals surface area (Å²) in [5.41, 5.74) is 0.449. The minimum Gasteiger partial charge on any atom is -0.394 e. The third-order valence-electron chi connectivity index (χ3n) is 6.70. The highest BCUT2D eigenvalue weighted by Crippen LogP contribution is 2.33. The minimum absolute atomic E-state index is 0.00612. The number of benzene rings is 1. The maximum atomic E-state index is 13.7. The van der Waals surface area contributed by atoms with Gasteiger partial charge in [-0.05, 0) is 25.0 Å². The van der Waals surface area contributed by atoms with E-state index in [-0.39, 0.29) is 23.6 Å². The van der Waals surface area contributed by atoms with Crippen molar-refractivity contribution in [2.75, 3.05) is 19.8 Å². The van der Waals surface area contributed by atoms with Crippen molar-refractivity contribution in [2.45, 2.75) is 55.6 Å². The Morgan fingerprint density at radius 1 is 1.00 bits per heavy atom. The van der Waals surface area contributed by atoms with Crippen LogP contribution in [0.1, 0.15) is 36.3 Å². The van der Waals surface area contributed by atoms with Crippen LogP contribution in [0.3, 0.4) is 0 Å². The van der Waals surface area contributed by atoms with E-state index in [0.29, 0.717) is 24.7 Å². The molecule has 10 nitrogen and oxygen atoms in total. The molecule has 2 fully saturated rings. The summed E-state index contributed by atoms with van der Waals surface area (Å²) in [6.45, 7) is 0.739. The van der Waals surface area contributed by atoms with Crippen molar-refractivity contribution in [2.24, 2.45) is 0 Å². The highest BCUT2D eigenvalue weighted by molar-refractivity contribution is 5.57. The Morgan fingerprint density at radius 2 is 1.69 bits per heavy atom. The number of aromatic nitrogens is 4. The average molecular weight is 510 g/mol. The normalized spacial score (nSPS) is 27.4. The van der Waals surface area contributed by atoms with Crippen LogP contribution in [-0.4, -0.2) is 79.7 Å². The number of aliphatic hydroxyl groups excluding tert-OH is 3. The molecule has 5 atom stereocenters. The van der Waals surface area contributed by atoms with Gasteiger partial charge in [0.1, 0.15) is 35.8 Å². The lowest BCUT2D eigenvalue weighted by Gasteiger charge is -2.42. The van der Waals surface area contributed by atoms with Gasteiger partial charge in [-0.2, -0.15) is 0 Å². The first kappa shape index (κ1) is 24.8. The second kappa shape index (κ2) is 10.3. The molecule has 1 aromatic carbocycles. The van der Waals surface area contributed by atoms with Gasteiger partial charge in [0.25, 0.3) is 0 Å². The molecule has 0 spiro atoms. The third kappa shape index (κ3) is 4.76. The summed E-state index contributed by atoms with van der Waals surface area (Å²) in [4.78, 5) is 0. The standard InChI is InChI=1S/C23H25F3N4O6/c24-14-5-12(6-15(25)20(14)26)16-9-30(29-27-16)21-22(32)18(35-19(10-31)23(21)33)8-13-7-17(36-28-13)11-1-3-34-4-2-11/h5-7,9,11,18-19,21-23,31-33H,1-4,8,10H2/t18-,19-,21-,22+,23+/m1/s1. The molecule has 36 heavy (non-hydrogen) atoms. The number of hydrogen-bond donors (Lipinski definition) is 3. The molecule has 3 N–H and O–H groups in total. The third-order valence-corrected chi connectivity index (χ3v) is 6.70. The predicted octanol–water partition coefficient (Wildman–Crippen LogP) is 1.51. The molecule has 0 bridgehead atoms. The summed E-state index contributed by atoms with van der Waals surface area (Å²) in [5, 5.41) is 43.5. The van der Waals surface area contributed by atoms with Crippen molar-refractivity contribution in [1.29, 1.82) is 0 Å². The van der Waals surface area contributed by atoms with E-state index in [0.717, 1.165) is 29.7 Å². The van der Waals surface area contributed by atoms with Crippen molar-refractivity contribution >= 4 is 0 Å². The average Bonchev–Trinajstić information content (AvgIpc) is 3.55. The molecule has 2 aromatic heterocycles. The predicted molar refractivity (Wildman–Crippen MR) is 115 cm³/mol. The van der Waals surface area contributed by atoms with Crippen LogP contribution < -0.4 is 0 Å². The Morgan fingerprint density at radius 3 is 2.39 bits per heavy atom. The molecule has 0 aliphatic carbocycles. The minimum atomic E-state index is -1.61. The van der Waals surface area contributed by atoms with Crippen LogP contribution in [-0.2, 0) is 15.9 Å². The maximum absolute atomic E-state index is 13.7. The Hall–Kier alpha value is -2.84. The van der Waals surface area contributed by atoms with Crippen LogP contribution >= 0.6 is 0 Å². The van der Waals surface area contributed by atoms with Crippen molar-refractivity contribution in [3.05, 3.63) is 53.3 Å². The molecule has 5 rings (SSSR count). The zero-order valence-electron chi connectivity index (χ0n) is 19.0. The molecule has 13 heteroatoms. The van der Waals surface area contributed by atoms with E-state index in [9.17, 15) is 28.5 Å². The molecule has 2 aliphatic rings. The first-order chi connectivity index (χ1) is 17.4. The zero-order chi connectivity index (χ0) is 25.4. The monoisotopic (exact) mass is 510 g/mol. The number of rotatable bonds is 6. The van der Waals surface area contributed by atoms with Gasteiger partial charge in [-0.1, -0.05) is 10.4 Å². The molecule has 2 saturated heterocycles. The lowest BCUT2D eigenvalue weighted by atomic mass is 9.90. The molecular weight excluding hydrogens is 485 g/mol. The largest absolute Gasteiger partial charge is 0.394 e. The van der Waals surface area contributed by atoms with Crippen molar-refractivity contribution in [1.82, 2.24) is 20.2 Å². The number of aliphatic hydroxyl groups is 3. The van der Waals surface area contributed by atoms with Gasteiger partial charge >= 0.3 is 0 Å². The van der Waals surface area contributed by atoms with Crippen LogP contribution in [0.2, 0.25) is 0 Å². The van der Waals surface area contributed by atoms with Crippen molar-refractivity contribution in [3.63, 3.8) is 0 Å². The van der Waals surface area contributed by atoms with Crippen LogP contribution in [0.25, 0.3) is 11.3 Å². The Balaban J connectivity index is 1.37. The number of hydrogen-bond acceptors (Lipinski definition) is 9. The van der Waals surface area contributed by atoms with Gasteiger partial charge in [0.15, 0.2) is 17.5 Å². The van der Waals surface area contributed by atoms with Crippen LogP contribution in [0, 0.1) is 17.5 Å². The van der Waals surface area contributed by atoms with Gasteiger partial charge in [-0.3, -0.25) is 0 Å². The summed E-state index contributed by atoms with van der Waals surface area (Å²) in [6, 6.07) is 2.22. The summed E-state index contributed by atoms with van der Waals surface area (Å²) >= 11 is 0. The van der Waals surface area contributed by atoms with Crippen LogP contribution in [0.4, 0.5) is 13.2 Å². The Labute approximate surface area is 203 Å². The lowest BCUT2D eigenvalue weighted by Crippen LogP contribution is -2.56. The Kier molecular flexibility index (Phi) is 7.08. The molecule has 0 saturated carbocycles.